The summed E-state index contributed by atoms with van der Waals surface area (Å²) in [5.41, 5.74) is 6.27. The summed E-state index contributed by atoms with van der Waals surface area (Å²) < 4.78 is 5.03. The minimum Gasteiger partial charge on any atom is -0.394 e. The Morgan fingerprint density at radius 3 is 2.95 bits per heavy atom. The van der Waals surface area contributed by atoms with Gasteiger partial charge in [0.15, 0.2) is 0 Å². The first-order chi connectivity index (χ1) is 9.29. The summed E-state index contributed by atoms with van der Waals surface area (Å²) in [6, 6.07) is 9.06. The lowest BCUT2D eigenvalue weighted by Crippen LogP contribution is -2.14. The summed E-state index contributed by atoms with van der Waals surface area (Å²) in [4.78, 5) is 8.46. The number of pyridine rings is 1. The highest BCUT2D eigenvalue weighted by molar-refractivity contribution is 5.92. The second-order valence-electron chi connectivity index (χ2n) is 4.13. The Morgan fingerprint density at radius 1 is 1.26 bits per heavy atom. The summed E-state index contributed by atoms with van der Waals surface area (Å²) in [5.74, 6) is 0.572. The third kappa shape index (κ3) is 2.07. The Labute approximate surface area is 108 Å². The number of nitrogens with two attached hydrogens (primary N) is 1. The van der Waals surface area contributed by atoms with E-state index in [0.717, 1.165) is 10.8 Å². The predicted molar refractivity (Wildman–Crippen MR) is 69.0 cm³/mol. The highest BCUT2D eigenvalue weighted by atomic mass is 16.5. The van der Waals surface area contributed by atoms with Gasteiger partial charge in [0.05, 0.1) is 6.61 Å². The number of aliphatic hydroxyl groups excluding tert-OH is 1. The van der Waals surface area contributed by atoms with Crippen molar-refractivity contribution in [1.29, 1.82) is 0 Å². The molecule has 96 valence electrons. The van der Waals surface area contributed by atoms with Crippen molar-refractivity contribution in [2.75, 3.05) is 6.61 Å². The number of aromatic nitrogens is 3. The molecule has 0 saturated heterocycles. The number of benzene rings is 1. The average molecular weight is 256 g/mol. The molecule has 2 aromatic heterocycles. The number of aliphatic hydroxyl groups is 1. The van der Waals surface area contributed by atoms with E-state index in [1.54, 1.807) is 6.20 Å². The van der Waals surface area contributed by atoms with Gasteiger partial charge in [0.1, 0.15) is 11.7 Å². The molecular weight excluding hydrogens is 244 g/mol. The molecule has 2 heterocycles. The van der Waals surface area contributed by atoms with Crippen molar-refractivity contribution in [2.45, 2.75) is 6.04 Å². The zero-order valence-corrected chi connectivity index (χ0v) is 10.0. The summed E-state index contributed by atoms with van der Waals surface area (Å²) in [5, 5.41) is 14.8. The van der Waals surface area contributed by atoms with Gasteiger partial charge >= 0.3 is 0 Å². The van der Waals surface area contributed by atoms with Crippen molar-refractivity contribution in [3.63, 3.8) is 0 Å². The summed E-state index contributed by atoms with van der Waals surface area (Å²) in [6.07, 6.45) is 1.69. The van der Waals surface area contributed by atoms with E-state index < -0.39 is 6.04 Å². The maximum atomic E-state index is 8.97. The lowest BCUT2D eigenvalue weighted by Gasteiger charge is -2.01. The first-order valence-corrected chi connectivity index (χ1v) is 5.84. The molecule has 6 heteroatoms. The molecule has 0 saturated carbocycles. The van der Waals surface area contributed by atoms with E-state index in [4.69, 9.17) is 15.4 Å². The van der Waals surface area contributed by atoms with Crippen LogP contribution in [0.1, 0.15) is 11.9 Å². The molecule has 0 aliphatic heterocycles. The number of fused-ring (bicyclic) bond motifs is 1. The van der Waals surface area contributed by atoms with Crippen molar-refractivity contribution in [3.05, 3.63) is 42.4 Å². The van der Waals surface area contributed by atoms with Gasteiger partial charge in [0.25, 0.3) is 0 Å². The summed E-state index contributed by atoms with van der Waals surface area (Å²) in [7, 11) is 0. The average Bonchev–Trinajstić information content (AvgIpc) is 2.95. The monoisotopic (exact) mass is 256 g/mol. The van der Waals surface area contributed by atoms with Gasteiger partial charge in [0.2, 0.25) is 11.7 Å². The lowest BCUT2D eigenvalue weighted by molar-refractivity contribution is 0.237. The maximum Gasteiger partial charge on any atom is 0.246 e. The predicted octanol–water partition coefficient (Wildman–Crippen LogP) is 1.28. The zero-order valence-electron chi connectivity index (χ0n) is 10.0. The van der Waals surface area contributed by atoms with E-state index in [0.29, 0.717) is 11.5 Å². The van der Waals surface area contributed by atoms with E-state index in [1.165, 1.54) is 0 Å². The normalized spacial score (nSPS) is 12.7. The van der Waals surface area contributed by atoms with E-state index in [-0.39, 0.29) is 12.5 Å². The molecule has 19 heavy (non-hydrogen) atoms. The smallest absolute Gasteiger partial charge is 0.246 e. The molecule has 0 radical (unpaired) electrons. The molecule has 1 unspecified atom stereocenters. The van der Waals surface area contributed by atoms with Crippen LogP contribution in [0.4, 0.5) is 0 Å². The van der Waals surface area contributed by atoms with E-state index in [9.17, 15) is 0 Å². The first-order valence-electron chi connectivity index (χ1n) is 5.84. The second kappa shape index (κ2) is 4.75. The van der Waals surface area contributed by atoms with Crippen LogP contribution in [0.3, 0.4) is 0 Å². The van der Waals surface area contributed by atoms with Gasteiger partial charge < -0.3 is 15.4 Å². The minimum absolute atomic E-state index is 0.201. The third-order valence-corrected chi connectivity index (χ3v) is 2.84. The van der Waals surface area contributed by atoms with Crippen LogP contribution < -0.4 is 5.73 Å². The van der Waals surface area contributed by atoms with E-state index in [1.807, 2.05) is 30.3 Å². The highest BCUT2D eigenvalue weighted by Crippen LogP contribution is 2.24. The standard InChI is InChI=1S/C13H12N4O2/c14-10(7-18)13-16-12(17-19-13)11-9-4-2-1-3-8(9)5-6-15-11/h1-6,10,18H,7,14H2. The fraction of sp³-hybridized carbons (Fsp3) is 0.154. The van der Waals surface area contributed by atoms with Crippen LogP contribution in [0.15, 0.2) is 41.1 Å². The first kappa shape index (κ1) is 11.8. The molecule has 0 fully saturated rings. The van der Waals surface area contributed by atoms with Crippen molar-refractivity contribution < 1.29 is 9.63 Å². The van der Waals surface area contributed by atoms with Gasteiger partial charge in [-0.3, -0.25) is 4.98 Å². The lowest BCUT2D eigenvalue weighted by atomic mass is 10.1. The van der Waals surface area contributed by atoms with Gasteiger partial charge in [-0.2, -0.15) is 4.98 Å². The fourth-order valence-corrected chi connectivity index (χ4v) is 1.86. The number of hydrogen-bond donors (Lipinski definition) is 2. The summed E-state index contributed by atoms with van der Waals surface area (Å²) >= 11 is 0. The number of nitrogens with zero attached hydrogens (tertiary/aromatic N) is 3. The maximum absolute atomic E-state index is 8.97. The van der Waals surface area contributed by atoms with Crippen LogP contribution in [-0.4, -0.2) is 26.8 Å². The molecule has 0 bridgehead atoms. The Hall–Kier alpha value is -2.31. The van der Waals surface area contributed by atoms with Crippen LogP contribution >= 0.6 is 0 Å². The minimum atomic E-state index is -0.670. The van der Waals surface area contributed by atoms with Crippen LogP contribution in [0.5, 0.6) is 0 Å². The van der Waals surface area contributed by atoms with Crippen molar-refractivity contribution in [2.24, 2.45) is 5.73 Å². The Balaban J connectivity index is 2.12. The molecule has 1 aromatic carbocycles. The van der Waals surface area contributed by atoms with Gasteiger partial charge in [-0.05, 0) is 11.5 Å². The van der Waals surface area contributed by atoms with Gasteiger partial charge in [0, 0.05) is 11.6 Å². The number of hydrogen-bond acceptors (Lipinski definition) is 6. The van der Waals surface area contributed by atoms with Crippen LogP contribution in [0.25, 0.3) is 22.3 Å². The quantitative estimate of drug-likeness (QED) is 0.732. The van der Waals surface area contributed by atoms with Crippen LogP contribution in [-0.2, 0) is 0 Å². The summed E-state index contributed by atoms with van der Waals surface area (Å²) in [6.45, 7) is -0.245. The van der Waals surface area contributed by atoms with Crippen molar-refractivity contribution in [3.8, 4) is 11.5 Å². The zero-order chi connectivity index (χ0) is 13.2. The van der Waals surface area contributed by atoms with E-state index in [2.05, 4.69) is 15.1 Å². The fourth-order valence-electron chi connectivity index (χ4n) is 1.86. The Morgan fingerprint density at radius 2 is 2.11 bits per heavy atom. The van der Waals surface area contributed by atoms with Crippen LogP contribution in [0, 0.1) is 0 Å². The molecule has 1 atom stereocenters. The topological polar surface area (TPSA) is 98.1 Å². The Bertz CT molecular complexity index is 705. The second-order valence-corrected chi connectivity index (χ2v) is 4.13. The third-order valence-electron chi connectivity index (χ3n) is 2.84. The number of rotatable bonds is 3. The molecule has 3 aromatic rings. The molecule has 0 aliphatic carbocycles. The SMILES string of the molecule is NC(CO)c1nc(-c2nccc3ccccc23)no1. The van der Waals surface area contributed by atoms with Gasteiger partial charge in [-0.15, -0.1) is 0 Å². The van der Waals surface area contributed by atoms with Gasteiger partial charge in [-0.25, -0.2) is 0 Å². The van der Waals surface area contributed by atoms with Crippen molar-refractivity contribution in [1.82, 2.24) is 15.1 Å². The molecule has 0 aliphatic rings. The molecule has 0 amide bonds. The largest absolute Gasteiger partial charge is 0.394 e. The van der Waals surface area contributed by atoms with Crippen LogP contribution in [0.2, 0.25) is 0 Å². The molecular formula is C13H12N4O2. The Kier molecular flexibility index (Phi) is 2.94. The highest BCUT2D eigenvalue weighted by Gasteiger charge is 2.16. The molecule has 3 N–H and O–H groups in total. The molecule has 0 spiro atoms. The molecule has 3 rings (SSSR count). The van der Waals surface area contributed by atoms with Gasteiger partial charge in [-0.1, -0.05) is 29.4 Å². The van der Waals surface area contributed by atoms with E-state index >= 15 is 0 Å². The van der Waals surface area contributed by atoms with Crippen molar-refractivity contribution >= 4 is 10.8 Å². The molecule has 6 nitrogen and oxygen atoms in total.